The molecule has 0 aromatic rings. The van der Waals surface area contributed by atoms with Crippen molar-refractivity contribution in [3.8, 4) is 0 Å². The molecule has 0 aromatic heterocycles. The highest BCUT2D eigenvalue weighted by molar-refractivity contribution is 4.75. The summed E-state index contributed by atoms with van der Waals surface area (Å²) >= 11 is 0. The van der Waals surface area contributed by atoms with E-state index in [0.29, 0.717) is 5.54 Å². The van der Waals surface area contributed by atoms with E-state index in [9.17, 15) is 0 Å². The summed E-state index contributed by atoms with van der Waals surface area (Å²) in [4.78, 5) is 2.61. The highest BCUT2D eigenvalue weighted by atomic mass is 15.2. The van der Waals surface area contributed by atoms with Gasteiger partial charge >= 0.3 is 0 Å². The van der Waals surface area contributed by atoms with Crippen molar-refractivity contribution in [1.29, 1.82) is 0 Å². The molecule has 0 radical (unpaired) electrons. The molecule has 0 unspecified atom stereocenters. The van der Waals surface area contributed by atoms with Crippen LogP contribution in [0.4, 0.5) is 0 Å². The fourth-order valence-corrected chi connectivity index (χ4v) is 1.48. The van der Waals surface area contributed by atoms with Gasteiger partial charge in [0.25, 0.3) is 0 Å². The van der Waals surface area contributed by atoms with Crippen molar-refractivity contribution in [2.24, 2.45) is 0 Å². The van der Waals surface area contributed by atoms with Crippen molar-refractivity contribution in [2.75, 3.05) is 13.1 Å². The van der Waals surface area contributed by atoms with E-state index in [2.05, 4.69) is 39.5 Å². The lowest BCUT2D eigenvalue weighted by atomic mass is 10.0. The average Bonchev–Trinajstić information content (AvgIpc) is 2.02. The molecule has 0 rings (SSSR count). The first kappa shape index (κ1) is 13.0. The molecule has 0 fully saturated rings. The third kappa shape index (κ3) is 6.09. The van der Waals surface area contributed by atoms with Crippen LogP contribution in [-0.2, 0) is 0 Å². The average molecular weight is 185 g/mol. The molecule has 0 atom stereocenters. The van der Waals surface area contributed by atoms with Crippen LogP contribution in [0.2, 0.25) is 0 Å². The van der Waals surface area contributed by atoms with Crippen LogP contribution in [0.3, 0.4) is 0 Å². The normalized spacial score (nSPS) is 12.5. The van der Waals surface area contributed by atoms with Crippen LogP contribution in [0.25, 0.3) is 0 Å². The molecular formula is C12H27N. The number of hydrogen-bond donors (Lipinski definition) is 0. The molecule has 1 nitrogen and oxygen atoms in total. The Morgan fingerprint density at radius 3 is 1.46 bits per heavy atom. The van der Waals surface area contributed by atoms with Gasteiger partial charge in [0.2, 0.25) is 0 Å². The van der Waals surface area contributed by atoms with E-state index in [4.69, 9.17) is 0 Å². The summed E-state index contributed by atoms with van der Waals surface area (Å²) in [7, 11) is 0. The monoisotopic (exact) mass is 185 g/mol. The zero-order valence-corrected chi connectivity index (χ0v) is 10.2. The number of rotatable bonds is 6. The van der Waals surface area contributed by atoms with E-state index in [1.165, 1.54) is 38.8 Å². The van der Waals surface area contributed by atoms with E-state index >= 15 is 0 Å². The van der Waals surface area contributed by atoms with Gasteiger partial charge in [0.15, 0.2) is 0 Å². The first-order chi connectivity index (χ1) is 6.02. The van der Waals surface area contributed by atoms with E-state index < -0.39 is 0 Å². The maximum absolute atomic E-state index is 2.61. The van der Waals surface area contributed by atoms with Crippen LogP contribution in [-0.4, -0.2) is 23.5 Å². The molecule has 80 valence electrons. The second-order valence-electron chi connectivity index (χ2n) is 4.86. The lowest BCUT2D eigenvalue weighted by molar-refractivity contribution is 0.132. The molecule has 0 heterocycles. The molecule has 0 N–H and O–H groups in total. The van der Waals surface area contributed by atoms with Crippen molar-refractivity contribution in [3.63, 3.8) is 0 Å². The Hall–Kier alpha value is -0.0400. The molecule has 0 aliphatic carbocycles. The highest BCUT2D eigenvalue weighted by Crippen LogP contribution is 2.14. The number of hydrogen-bond acceptors (Lipinski definition) is 1. The summed E-state index contributed by atoms with van der Waals surface area (Å²) in [6.07, 6.45) is 5.28. The Labute approximate surface area is 84.5 Å². The van der Waals surface area contributed by atoms with E-state index in [0.717, 1.165) is 0 Å². The van der Waals surface area contributed by atoms with Gasteiger partial charge in [0.05, 0.1) is 0 Å². The molecule has 0 saturated carbocycles. The van der Waals surface area contributed by atoms with Crippen LogP contribution < -0.4 is 0 Å². The van der Waals surface area contributed by atoms with Crippen LogP contribution >= 0.6 is 0 Å². The lowest BCUT2D eigenvalue weighted by Crippen LogP contribution is -2.42. The van der Waals surface area contributed by atoms with Gasteiger partial charge in [-0.05, 0) is 46.7 Å². The zero-order valence-electron chi connectivity index (χ0n) is 10.2. The molecule has 13 heavy (non-hydrogen) atoms. The third-order valence-electron chi connectivity index (χ3n) is 2.51. The summed E-state index contributed by atoms with van der Waals surface area (Å²) < 4.78 is 0. The van der Waals surface area contributed by atoms with E-state index in [-0.39, 0.29) is 0 Å². The summed E-state index contributed by atoms with van der Waals surface area (Å²) in [5, 5.41) is 0. The largest absolute Gasteiger partial charge is 0.298 e. The Morgan fingerprint density at radius 1 is 0.846 bits per heavy atom. The summed E-state index contributed by atoms with van der Waals surface area (Å²) in [6.45, 7) is 14.0. The molecule has 0 spiro atoms. The molecule has 0 aliphatic heterocycles. The predicted molar refractivity (Wildman–Crippen MR) is 61.1 cm³/mol. The van der Waals surface area contributed by atoms with Crippen molar-refractivity contribution in [1.82, 2.24) is 4.90 Å². The second-order valence-corrected chi connectivity index (χ2v) is 4.86. The number of unbranched alkanes of at least 4 members (excludes halogenated alkanes) is 2. The second kappa shape index (κ2) is 6.42. The minimum atomic E-state index is 0.352. The highest BCUT2D eigenvalue weighted by Gasteiger charge is 2.19. The maximum atomic E-state index is 2.61. The quantitative estimate of drug-likeness (QED) is 0.610. The Balaban J connectivity index is 3.88. The summed E-state index contributed by atoms with van der Waals surface area (Å²) in [6, 6.07) is 0. The van der Waals surface area contributed by atoms with Gasteiger partial charge < -0.3 is 0 Å². The topological polar surface area (TPSA) is 3.24 Å². The van der Waals surface area contributed by atoms with Gasteiger partial charge in [-0.25, -0.2) is 0 Å². The van der Waals surface area contributed by atoms with Crippen LogP contribution in [0.15, 0.2) is 0 Å². The van der Waals surface area contributed by atoms with Crippen molar-refractivity contribution in [2.45, 2.75) is 65.8 Å². The molecule has 1 heteroatoms. The van der Waals surface area contributed by atoms with E-state index in [1.807, 2.05) is 0 Å². The Bertz CT molecular complexity index is 105. The van der Waals surface area contributed by atoms with Crippen molar-refractivity contribution < 1.29 is 0 Å². The molecular weight excluding hydrogens is 158 g/mol. The van der Waals surface area contributed by atoms with Gasteiger partial charge in [-0.3, -0.25) is 4.90 Å². The third-order valence-corrected chi connectivity index (χ3v) is 2.51. The fourth-order valence-electron chi connectivity index (χ4n) is 1.48. The van der Waals surface area contributed by atoms with Crippen LogP contribution in [0.1, 0.15) is 60.3 Å². The lowest BCUT2D eigenvalue weighted by Gasteiger charge is -2.35. The van der Waals surface area contributed by atoms with Gasteiger partial charge in [0.1, 0.15) is 0 Å². The predicted octanol–water partition coefficient (Wildman–Crippen LogP) is 3.69. The van der Waals surface area contributed by atoms with Crippen LogP contribution in [0, 0.1) is 0 Å². The smallest absolute Gasteiger partial charge is 0.0125 e. The molecule has 0 aromatic carbocycles. The van der Waals surface area contributed by atoms with Gasteiger partial charge in [-0.1, -0.05) is 26.7 Å². The van der Waals surface area contributed by atoms with Crippen molar-refractivity contribution in [3.05, 3.63) is 0 Å². The van der Waals surface area contributed by atoms with Gasteiger partial charge in [-0.2, -0.15) is 0 Å². The Kier molecular flexibility index (Phi) is 6.40. The van der Waals surface area contributed by atoms with Gasteiger partial charge in [0, 0.05) is 5.54 Å². The van der Waals surface area contributed by atoms with Crippen molar-refractivity contribution >= 4 is 0 Å². The fraction of sp³-hybridized carbons (Fsp3) is 1.00. The molecule has 0 saturated heterocycles. The number of nitrogens with zero attached hydrogens (tertiary/aromatic N) is 1. The van der Waals surface area contributed by atoms with Gasteiger partial charge in [-0.15, -0.1) is 0 Å². The Morgan fingerprint density at radius 2 is 1.23 bits per heavy atom. The first-order valence-corrected chi connectivity index (χ1v) is 5.77. The molecule has 0 aliphatic rings. The zero-order chi connectivity index (χ0) is 10.3. The molecule has 0 bridgehead atoms. The standard InChI is InChI=1S/C12H27N/c1-6-8-10-13(11-9-7-2)12(3,4)5/h6-11H2,1-5H3. The van der Waals surface area contributed by atoms with Crippen LogP contribution in [0.5, 0.6) is 0 Å². The first-order valence-electron chi connectivity index (χ1n) is 5.77. The minimum absolute atomic E-state index is 0.352. The summed E-state index contributed by atoms with van der Waals surface area (Å²) in [5.74, 6) is 0. The SMILES string of the molecule is CCCCN(CCCC)C(C)(C)C. The molecule has 0 amide bonds. The maximum Gasteiger partial charge on any atom is 0.0125 e. The summed E-state index contributed by atoms with van der Waals surface area (Å²) in [5.41, 5.74) is 0.352. The minimum Gasteiger partial charge on any atom is -0.298 e. The van der Waals surface area contributed by atoms with E-state index in [1.54, 1.807) is 0 Å².